The Hall–Kier alpha value is -1.16. The van der Waals surface area contributed by atoms with E-state index in [1.54, 1.807) is 0 Å². The first kappa shape index (κ1) is 14.3. The van der Waals surface area contributed by atoms with Gasteiger partial charge in [0.05, 0.1) is 0 Å². The van der Waals surface area contributed by atoms with Gasteiger partial charge in [0.15, 0.2) is 0 Å². The maximum atomic E-state index is 6.27. The van der Waals surface area contributed by atoms with E-state index in [0.717, 1.165) is 26.1 Å². The van der Waals surface area contributed by atoms with Crippen LogP contribution in [0.25, 0.3) is 0 Å². The summed E-state index contributed by atoms with van der Waals surface area (Å²) in [5, 5.41) is 2.13. The van der Waals surface area contributed by atoms with E-state index in [9.17, 15) is 0 Å². The Labute approximate surface area is 119 Å². The van der Waals surface area contributed by atoms with E-state index in [0.29, 0.717) is 0 Å². The summed E-state index contributed by atoms with van der Waals surface area (Å²) in [6, 6.07) is 15.0. The minimum absolute atomic E-state index is 0.197. The van der Waals surface area contributed by atoms with E-state index < -0.39 is 0 Å². The lowest BCUT2D eigenvalue weighted by molar-refractivity contribution is 0.263. The van der Waals surface area contributed by atoms with Crippen LogP contribution in [0.15, 0.2) is 47.8 Å². The Morgan fingerprint density at radius 3 is 2.58 bits per heavy atom. The maximum absolute atomic E-state index is 6.27. The quantitative estimate of drug-likeness (QED) is 0.840. The molecule has 0 fully saturated rings. The van der Waals surface area contributed by atoms with Gasteiger partial charge in [0.25, 0.3) is 0 Å². The van der Waals surface area contributed by atoms with E-state index in [1.165, 1.54) is 10.4 Å². The molecule has 2 aromatic rings. The lowest BCUT2D eigenvalue weighted by Gasteiger charge is -2.23. The molecule has 0 spiro atoms. The van der Waals surface area contributed by atoms with Crippen LogP contribution in [0.1, 0.15) is 17.4 Å². The van der Waals surface area contributed by atoms with Gasteiger partial charge in [-0.2, -0.15) is 0 Å². The smallest absolute Gasteiger partial charge is 0.0328 e. The third-order valence-electron chi connectivity index (χ3n) is 3.24. The minimum atomic E-state index is 0.197. The van der Waals surface area contributed by atoms with Crippen LogP contribution in [0.4, 0.5) is 0 Å². The topological polar surface area (TPSA) is 29.3 Å². The third kappa shape index (κ3) is 4.78. The van der Waals surface area contributed by atoms with Crippen molar-refractivity contribution in [2.75, 3.05) is 13.1 Å². The monoisotopic (exact) mass is 274 g/mol. The summed E-state index contributed by atoms with van der Waals surface area (Å²) in [6.45, 7) is 5.20. The van der Waals surface area contributed by atoms with Crippen molar-refractivity contribution in [2.24, 2.45) is 5.73 Å². The standard InChI is InChI=1S/C16H22N2S/c1-2-18(13-16-9-6-10-19-16)12-15(17)11-14-7-4-3-5-8-14/h3-10,15H,2,11-13,17H2,1H3. The number of thiophene rings is 1. The van der Waals surface area contributed by atoms with Gasteiger partial charge in [-0.3, -0.25) is 4.90 Å². The van der Waals surface area contributed by atoms with Crippen LogP contribution in [-0.4, -0.2) is 24.0 Å². The van der Waals surface area contributed by atoms with E-state index in [2.05, 4.69) is 53.6 Å². The largest absolute Gasteiger partial charge is 0.326 e. The van der Waals surface area contributed by atoms with Crippen LogP contribution in [0, 0.1) is 0 Å². The summed E-state index contributed by atoms with van der Waals surface area (Å²) in [7, 11) is 0. The average Bonchev–Trinajstić information content (AvgIpc) is 2.92. The van der Waals surface area contributed by atoms with Crippen LogP contribution in [0.5, 0.6) is 0 Å². The fourth-order valence-electron chi connectivity index (χ4n) is 2.24. The maximum Gasteiger partial charge on any atom is 0.0328 e. The van der Waals surface area contributed by atoms with E-state index in [1.807, 2.05) is 17.4 Å². The molecule has 0 radical (unpaired) electrons. The molecule has 0 aliphatic rings. The molecule has 0 aliphatic heterocycles. The SMILES string of the molecule is CCN(Cc1cccs1)CC(N)Cc1ccccc1. The van der Waals surface area contributed by atoms with Crippen molar-refractivity contribution >= 4 is 11.3 Å². The first-order valence-corrected chi connectivity index (χ1v) is 7.70. The number of nitrogens with zero attached hydrogens (tertiary/aromatic N) is 1. The van der Waals surface area contributed by atoms with Gasteiger partial charge >= 0.3 is 0 Å². The normalized spacial score (nSPS) is 12.8. The van der Waals surface area contributed by atoms with Gasteiger partial charge in [-0.05, 0) is 30.0 Å². The van der Waals surface area contributed by atoms with E-state index in [4.69, 9.17) is 5.73 Å². The number of nitrogens with two attached hydrogens (primary N) is 1. The zero-order valence-electron chi connectivity index (χ0n) is 11.5. The Balaban J connectivity index is 1.84. The molecule has 1 heterocycles. The van der Waals surface area contributed by atoms with Crippen molar-refractivity contribution in [1.82, 2.24) is 4.90 Å². The molecule has 0 saturated carbocycles. The number of rotatable bonds is 7. The van der Waals surface area contributed by atoms with Crippen LogP contribution >= 0.6 is 11.3 Å². The molecule has 102 valence electrons. The zero-order valence-corrected chi connectivity index (χ0v) is 12.3. The lowest BCUT2D eigenvalue weighted by Crippen LogP contribution is -2.38. The molecule has 0 saturated heterocycles. The van der Waals surface area contributed by atoms with Gasteiger partial charge in [-0.25, -0.2) is 0 Å². The Bertz CT molecular complexity index is 453. The predicted octanol–water partition coefficient (Wildman–Crippen LogP) is 3.14. The first-order valence-electron chi connectivity index (χ1n) is 6.82. The minimum Gasteiger partial charge on any atom is -0.326 e. The van der Waals surface area contributed by atoms with Crippen molar-refractivity contribution < 1.29 is 0 Å². The number of likely N-dealkylation sites (N-methyl/N-ethyl adjacent to an activating group) is 1. The van der Waals surface area contributed by atoms with Crippen molar-refractivity contribution in [3.63, 3.8) is 0 Å². The van der Waals surface area contributed by atoms with Crippen LogP contribution in [0.2, 0.25) is 0 Å². The second kappa shape index (κ2) is 7.43. The van der Waals surface area contributed by atoms with Crippen molar-refractivity contribution in [3.05, 3.63) is 58.3 Å². The first-order chi connectivity index (χ1) is 9.28. The van der Waals surface area contributed by atoms with Crippen LogP contribution < -0.4 is 5.73 Å². The number of hydrogen-bond acceptors (Lipinski definition) is 3. The van der Waals surface area contributed by atoms with Gasteiger partial charge in [0.2, 0.25) is 0 Å². The number of hydrogen-bond donors (Lipinski definition) is 1. The molecule has 0 aliphatic carbocycles. The highest BCUT2D eigenvalue weighted by Crippen LogP contribution is 2.12. The summed E-state index contributed by atoms with van der Waals surface area (Å²) in [4.78, 5) is 3.83. The van der Waals surface area contributed by atoms with Gasteiger partial charge in [0.1, 0.15) is 0 Å². The Morgan fingerprint density at radius 1 is 1.16 bits per heavy atom. The van der Waals surface area contributed by atoms with Crippen LogP contribution in [0.3, 0.4) is 0 Å². The molecular weight excluding hydrogens is 252 g/mol. The number of benzene rings is 1. The molecule has 0 amide bonds. The lowest BCUT2D eigenvalue weighted by atomic mass is 10.1. The van der Waals surface area contributed by atoms with Crippen LogP contribution in [-0.2, 0) is 13.0 Å². The fraction of sp³-hybridized carbons (Fsp3) is 0.375. The summed E-state index contributed by atoms with van der Waals surface area (Å²) in [6.07, 6.45) is 0.946. The van der Waals surface area contributed by atoms with Crippen molar-refractivity contribution in [2.45, 2.75) is 25.9 Å². The Morgan fingerprint density at radius 2 is 1.95 bits per heavy atom. The predicted molar refractivity (Wildman–Crippen MR) is 83.4 cm³/mol. The second-order valence-corrected chi connectivity index (χ2v) is 5.89. The summed E-state index contributed by atoms with van der Waals surface area (Å²) in [5.41, 5.74) is 7.59. The fourth-order valence-corrected chi connectivity index (χ4v) is 2.99. The molecule has 2 N–H and O–H groups in total. The van der Waals surface area contributed by atoms with E-state index >= 15 is 0 Å². The molecule has 19 heavy (non-hydrogen) atoms. The molecule has 1 unspecified atom stereocenters. The van der Waals surface area contributed by atoms with E-state index in [-0.39, 0.29) is 6.04 Å². The molecule has 1 aromatic heterocycles. The van der Waals surface area contributed by atoms with Gasteiger partial charge in [-0.15, -0.1) is 11.3 Å². The van der Waals surface area contributed by atoms with Crippen molar-refractivity contribution in [3.8, 4) is 0 Å². The van der Waals surface area contributed by atoms with Crippen molar-refractivity contribution in [1.29, 1.82) is 0 Å². The molecule has 2 rings (SSSR count). The highest BCUT2D eigenvalue weighted by atomic mass is 32.1. The molecule has 2 nitrogen and oxygen atoms in total. The summed E-state index contributed by atoms with van der Waals surface area (Å²) < 4.78 is 0. The third-order valence-corrected chi connectivity index (χ3v) is 4.10. The average molecular weight is 274 g/mol. The van der Waals surface area contributed by atoms with Gasteiger partial charge in [0, 0.05) is 24.0 Å². The second-order valence-electron chi connectivity index (χ2n) is 4.86. The van der Waals surface area contributed by atoms with Gasteiger partial charge in [-0.1, -0.05) is 43.3 Å². The zero-order chi connectivity index (χ0) is 13.5. The van der Waals surface area contributed by atoms with Gasteiger partial charge < -0.3 is 5.73 Å². The Kier molecular flexibility index (Phi) is 5.58. The molecule has 1 aromatic carbocycles. The molecule has 1 atom stereocenters. The molecular formula is C16H22N2S. The summed E-state index contributed by atoms with van der Waals surface area (Å²) in [5.74, 6) is 0. The molecule has 0 bridgehead atoms. The highest BCUT2D eigenvalue weighted by molar-refractivity contribution is 7.09. The highest BCUT2D eigenvalue weighted by Gasteiger charge is 2.10. The molecule has 3 heteroatoms. The summed E-state index contributed by atoms with van der Waals surface area (Å²) >= 11 is 1.82.